The van der Waals surface area contributed by atoms with Gasteiger partial charge in [-0.3, -0.25) is 4.79 Å². The van der Waals surface area contributed by atoms with Crippen molar-refractivity contribution in [3.05, 3.63) is 69.8 Å². The van der Waals surface area contributed by atoms with Crippen LogP contribution in [0, 0.1) is 0 Å². The molecule has 198 valence electrons. The second-order valence-corrected chi connectivity index (χ2v) is 9.82. The Kier molecular flexibility index (Phi) is 10.2. The van der Waals surface area contributed by atoms with E-state index in [9.17, 15) is 18.0 Å². The van der Waals surface area contributed by atoms with E-state index < -0.39 is 31.8 Å². The van der Waals surface area contributed by atoms with Gasteiger partial charge < -0.3 is 25.0 Å². The Morgan fingerprint density at radius 3 is 2.38 bits per heavy atom. The van der Waals surface area contributed by atoms with Crippen molar-refractivity contribution in [1.82, 2.24) is 15.3 Å². The average Bonchev–Trinajstić information content (AvgIpc) is 2.85. The van der Waals surface area contributed by atoms with Crippen LogP contribution in [0.1, 0.15) is 35.3 Å². The standard InChI is InChI=1S/C24H26BrF3N5O3P/c1-4-35-37(36-5-2)14-15-10-11-20(18(25)12-15)32-23-30-13-17(24(26,27)28)21(33-23)31-19-9-7-6-8-16(19)22(34)29-3/h6-13H,4-5,14H2,1-3H3,(H,29,34)(H2,30,31,32,33). The van der Waals surface area contributed by atoms with Crippen LogP contribution in [-0.4, -0.2) is 36.1 Å². The summed E-state index contributed by atoms with van der Waals surface area (Å²) in [5.74, 6) is -1.01. The van der Waals surface area contributed by atoms with E-state index >= 15 is 0 Å². The number of nitrogens with zero attached hydrogens (tertiary/aromatic N) is 2. The number of anilines is 4. The molecule has 1 aromatic heterocycles. The SMILES string of the molecule is CCOP(Cc1ccc(Nc2ncc(C(F)(F)F)c(Nc3ccccc3C(=O)NC)n2)c(Br)c1)OCC. The van der Waals surface area contributed by atoms with Gasteiger partial charge in [-0.1, -0.05) is 18.2 Å². The van der Waals surface area contributed by atoms with Crippen molar-refractivity contribution in [3.8, 4) is 0 Å². The number of hydrogen-bond acceptors (Lipinski definition) is 7. The van der Waals surface area contributed by atoms with E-state index in [1.165, 1.54) is 19.2 Å². The second kappa shape index (κ2) is 13.1. The number of para-hydroxylation sites is 1. The molecule has 0 unspecified atom stereocenters. The number of aromatic nitrogens is 2. The number of carbonyl (C=O) groups excluding carboxylic acids is 1. The maximum atomic E-state index is 13.7. The Balaban J connectivity index is 1.89. The average molecular weight is 600 g/mol. The molecule has 3 aromatic rings. The highest BCUT2D eigenvalue weighted by molar-refractivity contribution is 9.10. The van der Waals surface area contributed by atoms with Gasteiger partial charge in [0.25, 0.3) is 5.91 Å². The van der Waals surface area contributed by atoms with E-state index in [1.54, 1.807) is 18.2 Å². The molecule has 0 aliphatic heterocycles. The van der Waals surface area contributed by atoms with Gasteiger partial charge in [0, 0.05) is 23.9 Å². The molecule has 0 aliphatic carbocycles. The third kappa shape index (κ3) is 7.85. The summed E-state index contributed by atoms with van der Waals surface area (Å²) in [4.78, 5) is 20.1. The molecule has 3 rings (SSSR count). The summed E-state index contributed by atoms with van der Waals surface area (Å²) in [6.45, 7) is 4.90. The largest absolute Gasteiger partial charge is 0.421 e. The molecule has 8 nitrogen and oxygen atoms in total. The fourth-order valence-corrected chi connectivity index (χ4v) is 5.09. The zero-order valence-electron chi connectivity index (χ0n) is 20.3. The number of alkyl halides is 3. The normalized spacial score (nSPS) is 11.5. The fourth-order valence-electron chi connectivity index (χ4n) is 3.24. The third-order valence-electron chi connectivity index (χ3n) is 4.88. The minimum absolute atomic E-state index is 0.0627. The number of amides is 1. The molecule has 3 N–H and O–H groups in total. The summed E-state index contributed by atoms with van der Waals surface area (Å²) in [5.41, 5.74) is 0.787. The van der Waals surface area contributed by atoms with Crippen LogP contribution in [0.25, 0.3) is 0 Å². The minimum Gasteiger partial charge on any atom is -0.355 e. The van der Waals surface area contributed by atoms with Crippen molar-refractivity contribution in [2.24, 2.45) is 0 Å². The number of nitrogens with one attached hydrogen (secondary N) is 3. The summed E-state index contributed by atoms with van der Waals surface area (Å²) < 4.78 is 53.1. The highest BCUT2D eigenvalue weighted by Gasteiger charge is 2.35. The van der Waals surface area contributed by atoms with Crippen molar-refractivity contribution in [3.63, 3.8) is 0 Å². The summed E-state index contributed by atoms with van der Waals surface area (Å²) in [6.07, 6.45) is -3.43. The number of benzene rings is 2. The fraction of sp³-hybridized carbons (Fsp3) is 0.292. The van der Waals surface area contributed by atoms with Crippen LogP contribution >= 0.6 is 24.3 Å². The van der Waals surface area contributed by atoms with E-state index in [-0.39, 0.29) is 17.2 Å². The molecule has 0 saturated heterocycles. The predicted molar refractivity (Wildman–Crippen MR) is 141 cm³/mol. The lowest BCUT2D eigenvalue weighted by Crippen LogP contribution is -2.20. The first-order valence-electron chi connectivity index (χ1n) is 11.3. The molecule has 0 radical (unpaired) electrons. The zero-order chi connectivity index (χ0) is 27.0. The Bertz CT molecular complexity index is 1230. The minimum atomic E-state index is -4.72. The Morgan fingerprint density at radius 1 is 1.05 bits per heavy atom. The van der Waals surface area contributed by atoms with Gasteiger partial charge in [-0.05, 0) is 59.6 Å². The van der Waals surface area contributed by atoms with Crippen molar-refractivity contribution in [2.75, 3.05) is 30.9 Å². The predicted octanol–water partition coefficient (Wildman–Crippen LogP) is 6.99. The Hall–Kier alpha value is -2.79. The Labute approximate surface area is 222 Å². The van der Waals surface area contributed by atoms with Gasteiger partial charge in [0.05, 0.1) is 30.2 Å². The maximum absolute atomic E-state index is 13.7. The summed E-state index contributed by atoms with van der Waals surface area (Å²) >= 11 is 3.49. The van der Waals surface area contributed by atoms with E-state index in [1.807, 2.05) is 26.0 Å². The molecule has 0 aliphatic rings. The molecule has 37 heavy (non-hydrogen) atoms. The van der Waals surface area contributed by atoms with E-state index in [0.29, 0.717) is 35.7 Å². The van der Waals surface area contributed by atoms with Crippen molar-refractivity contribution in [1.29, 1.82) is 0 Å². The van der Waals surface area contributed by atoms with Crippen molar-refractivity contribution < 1.29 is 27.0 Å². The topological polar surface area (TPSA) is 97.4 Å². The summed E-state index contributed by atoms with van der Waals surface area (Å²) in [6, 6.07) is 11.7. The smallest absolute Gasteiger partial charge is 0.355 e. The monoisotopic (exact) mass is 599 g/mol. The van der Waals surface area contributed by atoms with Gasteiger partial charge >= 0.3 is 6.18 Å². The summed E-state index contributed by atoms with van der Waals surface area (Å²) in [7, 11) is 0.366. The van der Waals surface area contributed by atoms with E-state index in [2.05, 4.69) is 41.8 Å². The first kappa shape index (κ1) is 28.8. The van der Waals surface area contributed by atoms with Crippen LogP contribution in [-0.2, 0) is 21.4 Å². The van der Waals surface area contributed by atoms with E-state index in [0.717, 1.165) is 5.56 Å². The quantitative estimate of drug-likeness (QED) is 0.204. The van der Waals surface area contributed by atoms with Gasteiger partial charge in [-0.25, -0.2) is 4.98 Å². The van der Waals surface area contributed by atoms with Gasteiger partial charge in [-0.15, -0.1) is 0 Å². The second-order valence-electron chi connectivity index (χ2n) is 7.47. The molecular formula is C24H26BrF3N5O3P. The zero-order valence-corrected chi connectivity index (χ0v) is 22.8. The number of rotatable bonds is 11. The van der Waals surface area contributed by atoms with Crippen LogP contribution in [0.2, 0.25) is 0 Å². The maximum Gasteiger partial charge on any atom is 0.421 e. The van der Waals surface area contributed by atoms with E-state index in [4.69, 9.17) is 9.05 Å². The Morgan fingerprint density at radius 2 is 1.76 bits per heavy atom. The molecule has 0 fully saturated rings. The van der Waals surface area contributed by atoms with Crippen LogP contribution in [0.3, 0.4) is 0 Å². The third-order valence-corrected chi connectivity index (χ3v) is 7.26. The molecule has 0 bridgehead atoms. The number of halogens is 4. The first-order valence-corrected chi connectivity index (χ1v) is 13.4. The molecule has 1 amide bonds. The number of carbonyl (C=O) groups is 1. The van der Waals surface area contributed by atoms with Crippen LogP contribution < -0.4 is 16.0 Å². The highest BCUT2D eigenvalue weighted by atomic mass is 79.9. The molecule has 1 heterocycles. The van der Waals surface area contributed by atoms with Crippen LogP contribution in [0.4, 0.5) is 36.3 Å². The lowest BCUT2D eigenvalue weighted by Gasteiger charge is -2.17. The molecule has 0 saturated carbocycles. The lowest BCUT2D eigenvalue weighted by molar-refractivity contribution is -0.137. The van der Waals surface area contributed by atoms with Gasteiger partial charge in [0.2, 0.25) is 5.95 Å². The van der Waals surface area contributed by atoms with Gasteiger partial charge in [-0.2, -0.15) is 18.2 Å². The molecule has 2 aromatic carbocycles. The molecule has 0 atom stereocenters. The molecule has 0 spiro atoms. The van der Waals surface area contributed by atoms with Crippen molar-refractivity contribution in [2.45, 2.75) is 26.2 Å². The molecule has 13 heteroatoms. The summed E-state index contributed by atoms with van der Waals surface area (Å²) in [5, 5.41) is 8.06. The lowest BCUT2D eigenvalue weighted by atomic mass is 10.1. The van der Waals surface area contributed by atoms with Crippen LogP contribution in [0.5, 0.6) is 0 Å². The first-order chi connectivity index (χ1) is 17.7. The van der Waals surface area contributed by atoms with Gasteiger partial charge in [0.15, 0.2) is 8.38 Å². The number of hydrogen-bond donors (Lipinski definition) is 3. The molecular weight excluding hydrogens is 574 g/mol. The highest BCUT2D eigenvalue weighted by Crippen LogP contribution is 2.43. The van der Waals surface area contributed by atoms with Gasteiger partial charge in [0.1, 0.15) is 11.4 Å². The van der Waals surface area contributed by atoms with Crippen molar-refractivity contribution >= 4 is 53.4 Å². The van der Waals surface area contributed by atoms with Crippen LogP contribution in [0.15, 0.2) is 53.1 Å².